The van der Waals surface area contributed by atoms with E-state index in [0.29, 0.717) is 17.6 Å². The highest BCUT2D eigenvalue weighted by Gasteiger charge is 2.17. The van der Waals surface area contributed by atoms with Crippen LogP contribution in [0.1, 0.15) is 25.5 Å². The summed E-state index contributed by atoms with van der Waals surface area (Å²) in [7, 11) is 1.89. The van der Waals surface area contributed by atoms with Crippen LogP contribution in [0.25, 0.3) is 0 Å². The maximum atomic E-state index is 5.91. The molecule has 112 valence electrons. The summed E-state index contributed by atoms with van der Waals surface area (Å²) >= 11 is 11.8. The third-order valence-corrected chi connectivity index (χ3v) is 3.52. The topological polar surface area (TPSA) is 51.1 Å². The zero-order chi connectivity index (χ0) is 15.4. The number of hydrogen-bond acceptors (Lipinski definition) is 5. The molecule has 0 N–H and O–H groups in total. The van der Waals surface area contributed by atoms with Gasteiger partial charge in [0, 0.05) is 12.1 Å². The molecule has 0 aliphatic carbocycles. The van der Waals surface area contributed by atoms with E-state index >= 15 is 0 Å². The lowest BCUT2D eigenvalue weighted by molar-refractivity contribution is 0.311. The van der Waals surface area contributed by atoms with Crippen LogP contribution in [0.4, 0.5) is 5.95 Å². The summed E-state index contributed by atoms with van der Waals surface area (Å²) in [6.45, 7) is 4.37. The minimum Gasteiger partial charge on any atom is -0.464 e. The maximum absolute atomic E-state index is 5.91. The number of nitrogens with zero attached hydrogens (tertiary/aromatic N) is 4. The normalized spacial score (nSPS) is 12.0. The molecule has 0 saturated heterocycles. The second-order valence-electron chi connectivity index (χ2n) is 4.46. The van der Waals surface area contributed by atoms with Crippen molar-refractivity contribution >= 4 is 29.2 Å². The monoisotopic (exact) mass is 326 g/mol. The van der Waals surface area contributed by atoms with Crippen LogP contribution in [0, 0.1) is 0 Å². The van der Waals surface area contributed by atoms with Gasteiger partial charge in [-0.2, -0.15) is 15.0 Å². The van der Waals surface area contributed by atoms with Gasteiger partial charge in [-0.3, -0.25) is 0 Å². The third-order valence-electron chi connectivity index (χ3n) is 3.10. The molecule has 1 aromatic heterocycles. The summed E-state index contributed by atoms with van der Waals surface area (Å²) in [6.07, 6.45) is 0. The molecule has 1 heterocycles. The van der Waals surface area contributed by atoms with E-state index in [-0.39, 0.29) is 17.3 Å². The highest BCUT2D eigenvalue weighted by atomic mass is 35.5. The van der Waals surface area contributed by atoms with Crippen molar-refractivity contribution in [3.63, 3.8) is 0 Å². The zero-order valence-electron chi connectivity index (χ0n) is 12.0. The van der Waals surface area contributed by atoms with Gasteiger partial charge < -0.3 is 9.64 Å². The van der Waals surface area contributed by atoms with Crippen LogP contribution in [0.3, 0.4) is 0 Å². The largest absolute Gasteiger partial charge is 0.464 e. The van der Waals surface area contributed by atoms with Crippen LogP contribution < -0.4 is 9.64 Å². The van der Waals surface area contributed by atoms with Gasteiger partial charge in [0.1, 0.15) is 0 Å². The molecule has 1 aromatic carbocycles. The van der Waals surface area contributed by atoms with Crippen molar-refractivity contribution in [1.82, 2.24) is 15.0 Å². The molecule has 0 saturated carbocycles. The van der Waals surface area contributed by atoms with Crippen LogP contribution in [-0.4, -0.2) is 28.6 Å². The molecule has 0 fully saturated rings. The summed E-state index contributed by atoms with van der Waals surface area (Å²) in [5.41, 5.74) is 1.09. The SMILES string of the molecule is CCOc1nc(Cl)nc(N(C)C(C)c2ccc(Cl)cc2)n1. The van der Waals surface area contributed by atoms with E-state index < -0.39 is 0 Å². The van der Waals surface area contributed by atoms with E-state index in [1.165, 1.54) is 0 Å². The Bertz CT molecular complexity index is 606. The molecule has 0 radical (unpaired) electrons. The number of benzene rings is 1. The molecular weight excluding hydrogens is 311 g/mol. The lowest BCUT2D eigenvalue weighted by atomic mass is 10.1. The first kappa shape index (κ1) is 15.8. The Kier molecular flexibility index (Phi) is 5.20. The summed E-state index contributed by atoms with van der Waals surface area (Å²) in [5, 5.41) is 0.814. The van der Waals surface area contributed by atoms with Gasteiger partial charge in [0.05, 0.1) is 12.6 Å². The van der Waals surface area contributed by atoms with Crippen molar-refractivity contribution in [1.29, 1.82) is 0 Å². The Morgan fingerprint density at radius 1 is 1.14 bits per heavy atom. The van der Waals surface area contributed by atoms with E-state index in [0.717, 1.165) is 5.56 Å². The molecule has 1 unspecified atom stereocenters. The molecule has 0 aliphatic rings. The molecule has 1 atom stereocenters. The van der Waals surface area contributed by atoms with Crippen LogP contribution in [0.5, 0.6) is 6.01 Å². The molecule has 7 heteroatoms. The third kappa shape index (κ3) is 3.95. The van der Waals surface area contributed by atoms with E-state index in [1.807, 2.05) is 50.1 Å². The predicted molar refractivity (Wildman–Crippen MR) is 84.3 cm³/mol. The predicted octanol–water partition coefficient (Wildman–Crippen LogP) is 3.77. The number of ether oxygens (including phenoxy) is 1. The Morgan fingerprint density at radius 3 is 2.43 bits per heavy atom. The Hall–Kier alpha value is -1.59. The molecular formula is C14H16Cl2N4O. The summed E-state index contributed by atoms with van der Waals surface area (Å²) in [5.74, 6) is 0.459. The van der Waals surface area contributed by atoms with Crippen LogP contribution in [0.15, 0.2) is 24.3 Å². The fraction of sp³-hybridized carbons (Fsp3) is 0.357. The lowest BCUT2D eigenvalue weighted by Crippen LogP contribution is -2.24. The van der Waals surface area contributed by atoms with Crippen molar-refractivity contribution < 1.29 is 4.74 Å². The maximum Gasteiger partial charge on any atom is 0.322 e. The molecule has 0 aliphatic heterocycles. The molecule has 0 bridgehead atoms. The lowest BCUT2D eigenvalue weighted by Gasteiger charge is -2.25. The first-order chi connectivity index (χ1) is 10.0. The summed E-state index contributed by atoms with van der Waals surface area (Å²) < 4.78 is 5.29. The number of anilines is 1. The smallest absolute Gasteiger partial charge is 0.322 e. The van der Waals surface area contributed by atoms with Gasteiger partial charge >= 0.3 is 6.01 Å². The Morgan fingerprint density at radius 2 is 1.81 bits per heavy atom. The summed E-state index contributed by atoms with van der Waals surface area (Å²) in [6, 6.07) is 7.92. The van der Waals surface area contributed by atoms with Crippen molar-refractivity contribution in [3.8, 4) is 6.01 Å². The quantitative estimate of drug-likeness (QED) is 0.836. The van der Waals surface area contributed by atoms with E-state index in [1.54, 1.807) is 0 Å². The minimum atomic E-state index is 0.0511. The van der Waals surface area contributed by atoms with Crippen molar-refractivity contribution in [2.45, 2.75) is 19.9 Å². The zero-order valence-corrected chi connectivity index (χ0v) is 13.6. The van der Waals surface area contributed by atoms with Gasteiger partial charge in [-0.15, -0.1) is 0 Å². The summed E-state index contributed by atoms with van der Waals surface area (Å²) in [4.78, 5) is 14.2. The van der Waals surface area contributed by atoms with Crippen LogP contribution >= 0.6 is 23.2 Å². The van der Waals surface area contributed by atoms with E-state index in [4.69, 9.17) is 27.9 Å². The Labute approximate surface area is 133 Å². The fourth-order valence-corrected chi connectivity index (χ4v) is 2.09. The second kappa shape index (κ2) is 6.91. The highest BCUT2D eigenvalue weighted by Crippen LogP contribution is 2.25. The number of hydrogen-bond donors (Lipinski definition) is 0. The number of rotatable bonds is 5. The fourth-order valence-electron chi connectivity index (χ4n) is 1.81. The van der Waals surface area contributed by atoms with E-state index in [9.17, 15) is 0 Å². The molecule has 21 heavy (non-hydrogen) atoms. The first-order valence-corrected chi connectivity index (χ1v) is 7.29. The van der Waals surface area contributed by atoms with Crippen molar-refractivity contribution in [2.24, 2.45) is 0 Å². The van der Waals surface area contributed by atoms with Crippen LogP contribution in [0.2, 0.25) is 10.3 Å². The second-order valence-corrected chi connectivity index (χ2v) is 5.23. The molecule has 0 spiro atoms. The highest BCUT2D eigenvalue weighted by molar-refractivity contribution is 6.30. The standard InChI is InChI=1S/C14H16Cl2N4O/c1-4-21-14-18-12(16)17-13(19-14)20(3)9(2)10-5-7-11(15)8-6-10/h5-9H,4H2,1-3H3. The Balaban J connectivity index is 2.26. The van der Waals surface area contributed by atoms with Gasteiger partial charge in [-0.25, -0.2) is 0 Å². The number of halogens is 2. The molecule has 2 rings (SSSR count). The van der Waals surface area contributed by atoms with Gasteiger partial charge in [0.15, 0.2) is 0 Å². The van der Waals surface area contributed by atoms with Gasteiger partial charge in [0.2, 0.25) is 11.2 Å². The van der Waals surface area contributed by atoms with Crippen LogP contribution in [-0.2, 0) is 0 Å². The molecule has 5 nitrogen and oxygen atoms in total. The van der Waals surface area contributed by atoms with Gasteiger partial charge in [0.25, 0.3) is 0 Å². The van der Waals surface area contributed by atoms with E-state index in [2.05, 4.69) is 15.0 Å². The minimum absolute atomic E-state index is 0.0511. The van der Waals surface area contributed by atoms with Crippen molar-refractivity contribution in [3.05, 3.63) is 40.1 Å². The molecule has 2 aromatic rings. The van der Waals surface area contributed by atoms with Gasteiger partial charge in [-0.1, -0.05) is 23.7 Å². The van der Waals surface area contributed by atoms with Crippen molar-refractivity contribution in [2.75, 3.05) is 18.6 Å². The average Bonchev–Trinajstić information content (AvgIpc) is 2.46. The average molecular weight is 327 g/mol. The number of aromatic nitrogens is 3. The van der Waals surface area contributed by atoms with Gasteiger partial charge in [-0.05, 0) is 43.1 Å². The molecule has 0 amide bonds. The first-order valence-electron chi connectivity index (χ1n) is 6.54.